The van der Waals surface area contributed by atoms with Gasteiger partial charge in [-0.15, -0.1) is 0 Å². The number of nitrogens with zero attached hydrogens (tertiary/aromatic N) is 5. The number of carbonyl (C=O) groups is 9. The molecule has 0 spiro atoms. The van der Waals surface area contributed by atoms with E-state index in [0.717, 1.165) is 0 Å². The highest BCUT2D eigenvalue weighted by Gasteiger charge is 2.44. The number of nitrogens with one attached hydrogen (secondary N) is 6. The van der Waals surface area contributed by atoms with Crippen LogP contribution in [0.5, 0.6) is 0 Å². The van der Waals surface area contributed by atoms with E-state index in [1.807, 2.05) is 45.9 Å². The van der Waals surface area contributed by atoms with Crippen molar-refractivity contribution in [2.24, 2.45) is 29.6 Å². The summed E-state index contributed by atoms with van der Waals surface area (Å²) in [6.07, 6.45) is 3.65. The van der Waals surface area contributed by atoms with Gasteiger partial charge in [-0.3, -0.25) is 43.3 Å². The van der Waals surface area contributed by atoms with E-state index in [1.54, 1.807) is 94.8 Å². The quantitative estimate of drug-likeness (QED) is 0.0232. The molecule has 2 aromatic carbocycles. The average Bonchev–Trinajstić information content (AvgIpc) is 1.45. The van der Waals surface area contributed by atoms with Crippen molar-refractivity contribution in [1.29, 1.82) is 0 Å². The first-order chi connectivity index (χ1) is 43.6. The van der Waals surface area contributed by atoms with E-state index >= 15 is 0 Å². The molecule has 7 N–H and O–H groups in total. The molecule has 0 bridgehead atoms. The van der Waals surface area contributed by atoms with Gasteiger partial charge in [0.1, 0.15) is 36.6 Å². The van der Waals surface area contributed by atoms with E-state index in [1.165, 1.54) is 45.5 Å². The topological polar surface area (TPSA) is 309 Å². The number of likely N-dealkylation sites (tertiary alicyclic amines) is 1. The molecule has 1 aliphatic rings. The van der Waals surface area contributed by atoms with Crippen molar-refractivity contribution in [2.75, 3.05) is 46.7 Å². The molecule has 1 aliphatic heterocycles. The number of aliphatic hydroxyl groups is 1. The van der Waals surface area contributed by atoms with Crippen molar-refractivity contribution in [3.63, 3.8) is 0 Å². The van der Waals surface area contributed by atoms with Gasteiger partial charge in [-0.1, -0.05) is 134 Å². The third-order valence-electron chi connectivity index (χ3n) is 17.1. The molecular weight excluding hydrogens is 1250 g/mol. The second-order valence-electron chi connectivity index (χ2n) is 25.1. The molecule has 1 fully saturated rings. The van der Waals surface area contributed by atoms with E-state index in [-0.39, 0.29) is 54.9 Å². The number of carbonyl (C=O) groups excluding carboxylic acids is 9. The van der Waals surface area contributed by atoms with Crippen molar-refractivity contribution in [3.05, 3.63) is 89.5 Å². The summed E-state index contributed by atoms with van der Waals surface area (Å²) in [5.74, 6) is -4.51. The van der Waals surface area contributed by atoms with Crippen LogP contribution >= 0.6 is 15.9 Å². The number of benzene rings is 2. The van der Waals surface area contributed by atoms with Gasteiger partial charge in [0.25, 0.3) is 5.91 Å². The number of halogens is 1. The number of aliphatic hydroxyl groups excluding tert-OH is 1. The zero-order valence-corrected chi connectivity index (χ0v) is 58.0. The Labute approximate surface area is 552 Å². The van der Waals surface area contributed by atoms with Crippen LogP contribution in [0.4, 0.5) is 10.5 Å². The van der Waals surface area contributed by atoms with Gasteiger partial charge < -0.3 is 61.0 Å². The first-order valence-corrected chi connectivity index (χ1v) is 33.2. The molecule has 1 aromatic heterocycles. The predicted octanol–water partition coefficient (Wildman–Crippen LogP) is 6.84. The number of hydrogen-bond acceptors (Lipinski definition) is 15. The molecule has 1 saturated heterocycles. The van der Waals surface area contributed by atoms with Gasteiger partial charge in [0.05, 0.1) is 59.7 Å². The smallest absolute Gasteiger partial charge is 0.410 e. The van der Waals surface area contributed by atoms with Gasteiger partial charge in [-0.05, 0) is 86.5 Å². The van der Waals surface area contributed by atoms with Crippen molar-refractivity contribution < 1.29 is 62.5 Å². The van der Waals surface area contributed by atoms with Crippen LogP contribution in [-0.2, 0) is 59.7 Å². The van der Waals surface area contributed by atoms with Crippen LogP contribution in [0, 0.1) is 29.6 Å². The van der Waals surface area contributed by atoms with Gasteiger partial charge in [-0.25, -0.2) is 14.8 Å². The fraction of sp³-hybridized carbons (Fsp3) is 0.627. The molecule has 0 unspecified atom stereocenters. The molecule has 0 radical (unpaired) electrons. The van der Waals surface area contributed by atoms with Gasteiger partial charge in [0.15, 0.2) is 0 Å². The van der Waals surface area contributed by atoms with Crippen molar-refractivity contribution in [2.45, 2.75) is 200 Å². The Morgan fingerprint density at radius 3 is 1.95 bits per heavy atom. The Morgan fingerprint density at radius 1 is 0.728 bits per heavy atom. The standard InChI is InChI=1S/C67H102BrN11O13/c1-16-42(8)58(51(90-14)34-54(81)79-33-23-26-50(79)60(91-15)43(9)61(83)72-44(10)59(82)47-24-19-17-20-25-47)77(12)66(88)56(40(4)5)76-65(87)57(41(6)7)78(13)67(89)92-38-46-28-30-49(31-29-46)74-62(84)45(11)73-64(86)55(39(2)3)75-53(80)27-21-18-22-32-69-63(85)48-36-70-52(35-68)71-37-48/h17,19-20,24-25,28-31,36-37,39-45,50-51,55-60,82H,16,18,21-23,26-27,32-35,38H2,1-15H3,(H,69,85)(H,72,83)(H,73,86)(H,74,84)(H,75,80)(H,76,87)/t42-,43+,44+,45-,50-,51+,55-,56-,57-,58-,59+,60+/m0/s1. The number of amides is 9. The van der Waals surface area contributed by atoms with Crippen LogP contribution in [0.2, 0.25) is 0 Å². The number of ether oxygens (including phenoxy) is 3. The molecule has 92 heavy (non-hydrogen) atoms. The van der Waals surface area contributed by atoms with Gasteiger partial charge in [0, 0.05) is 65.9 Å². The Kier molecular flexibility index (Phi) is 32.1. The molecule has 510 valence electrons. The lowest BCUT2D eigenvalue weighted by atomic mass is 9.89. The Hall–Kier alpha value is -7.09. The zero-order chi connectivity index (χ0) is 68.5. The summed E-state index contributed by atoms with van der Waals surface area (Å²) in [6.45, 7) is 20.4. The van der Waals surface area contributed by atoms with Crippen LogP contribution in [0.25, 0.3) is 0 Å². The van der Waals surface area contributed by atoms with Crippen molar-refractivity contribution in [1.82, 2.24) is 51.3 Å². The van der Waals surface area contributed by atoms with Crippen LogP contribution < -0.4 is 31.9 Å². The SMILES string of the molecule is CC[C@H](C)[C@@H]([C@@H](CC(=O)N1CCC[C@H]1[C@H](OC)[C@@H](C)C(=O)N[C@H](C)[C@@H](O)c1ccccc1)OC)N(C)C(=O)[C@@H](NC(=O)[C@H](C(C)C)N(C)C(=O)OCc1ccc(NC(=O)[C@H](C)NC(=O)[C@@H](NC(=O)CCCCCNC(=O)c2cnc(CBr)nc2)C(C)C)cc1)C(C)C. The summed E-state index contributed by atoms with van der Waals surface area (Å²) in [5.41, 5.74) is 2.01. The lowest BCUT2D eigenvalue weighted by molar-refractivity contribution is -0.148. The minimum Gasteiger partial charge on any atom is -0.445 e. The highest BCUT2D eigenvalue weighted by molar-refractivity contribution is 9.08. The van der Waals surface area contributed by atoms with Crippen LogP contribution in [-0.4, -0.2) is 179 Å². The number of methoxy groups -OCH3 is 2. The average molecular weight is 1350 g/mol. The summed E-state index contributed by atoms with van der Waals surface area (Å²) in [4.78, 5) is 136. The van der Waals surface area contributed by atoms with Crippen LogP contribution in [0.15, 0.2) is 67.0 Å². The third kappa shape index (κ3) is 22.6. The maximum atomic E-state index is 14.8. The van der Waals surface area contributed by atoms with Gasteiger partial charge in [-0.2, -0.15) is 0 Å². The number of unbranched alkanes of at least 4 members (excludes halogenated alkanes) is 2. The monoisotopic (exact) mass is 1350 g/mol. The number of aromatic nitrogens is 2. The summed E-state index contributed by atoms with van der Waals surface area (Å²) in [6, 6.07) is 10.0. The number of hydrogen-bond donors (Lipinski definition) is 7. The fourth-order valence-electron chi connectivity index (χ4n) is 11.5. The highest BCUT2D eigenvalue weighted by atomic mass is 79.9. The minimum absolute atomic E-state index is 0.0785. The van der Waals surface area contributed by atoms with E-state index in [2.05, 4.69) is 57.8 Å². The summed E-state index contributed by atoms with van der Waals surface area (Å²) in [5, 5.41) is 28.4. The second kappa shape index (κ2) is 38.2. The summed E-state index contributed by atoms with van der Waals surface area (Å²) in [7, 11) is 6.12. The zero-order valence-electron chi connectivity index (χ0n) is 56.5. The Morgan fingerprint density at radius 2 is 1.37 bits per heavy atom. The lowest BCUT2D eigenvalue weighted by Gasteiger charge is -2.41. The largest absolute Gasteiger partial charge is 0.445 e. The molecule has 4 rings (SSSR count). The molecule has 0 saturated carbocycles. The van der Waals surface area contributed by atoms with Crippen molar-refractivity contribution >= 4 is 75.0 Å². The molecule has 2 heterocycles. The predicted molar refractivity (Wildman–Crippen MR) is 353 cm³/mol. The van der Waals surface area contributed by atoms with E-state index < -0.39 is 108 Å². The molecule has 25 heteroatoms. The molecule has 0 aliphatic carbocycles. The lowest BCUT2D eigenvalue weighted by Crippen LogP contribution is -2.60. The molecule has 9 amide bonds. The second-order valence-corrected chi connectivity index (χ2v) is 25.7. The Bertz CT molecular complexity index is 2870. The maximum absolute atomic E-state index is 14.8. The summed E-state index contributed by atoms with van der Waals surface area (Å²) >= 11 is 3.27. The summed E-state index contributed by atoms with van der Waals surface area (Å²) < 4.78 is 17.7. The van der Waals surface area contributed by atoms with Gasteiger partial charge >= 0.3 is 6.09 Å². The first kappa shape index (κ1) is 77.4. The maximum Gasteiger partial charge on any atom is 0.410 e. The van der Waals surface area contributed by atoms with E-state index in [9.17, 15) is 48.3 Å². The Balaban J connectivity index is 1.30. The van der Waals surface area contributed by atoms with Crippen LogP contribution in [0.1, 0.15) is 161 Å². The molecular formula is C67H102BrN11O13. The fourth-order valence-corrected chi connectivity index (χ4v) is 11.7. The van der Waals surface area contributed by atoms with Gasteiger partial charge in [0.2, 0.25) is 41.4 Å². The highest BCUT2D eigenvalue weighted by Crippen LogP contribution is 2.30. The first-order valence-electron chi connectivity index (χ1n) is 32.1. The molecule has 3 aromatic rings. The number of rotatable bonds is 36. The van der Waals surface area contributed by atoms with Crippen LogP contribution in [0.3, 0.4) is 0 Å². The number of alkyl halides is 1. The molecule has 24 nitrogen and oxygen atoms in total. The third-order valence-corrected chi connectivity index (χ3v) is 17.6. The van der Waals surface area contributed by atoms with Crippen molar-refractivity contribution in [3.8, 4) is 0 Å². The van der Waals surface area contributed by atoms with E-state index in [0.29, 0.717) is 85.1 Å². The normalized spacial score (nSPS) is 16.7. The minimum atomic E-state index is -1.06. The van der Waals surface area contributed by atoms with E-state index in [4.69, 9.17) is 14.2 Å². The number of likely N-dealkylation sites (N-methyl/N-ethyl adjacent to an activating group) is 2. The molecule has 12 atom stereocenters. The number of anilines is 1.